The van der Waals surface area contributed by atoms with Gasteiger partial charge in [-0.2, -0.15) is 0 Å². The van der Waals surface area contributed by atoms with Gasteiger partial charge in [-0.3, -0.25) is 4.90 Å². The van der Waals surface area contributed by atoms with Crippen LogP contribution < -0.4 is 5.32 Å². The lowest BCUT2D eigenvalue weighted by atomic mass is 9.91. The highest BCUT2D eigenvalue weighted by molar-refractivity contribution is 4.90. The standard InChI is InChI=1S/C16H33N3/c1-5-8-17-15-6-10-19(14(3)11-15)16-7-9-18(4)13(2)12-16/h13-17H,5-12H2,1-4H3. The molecule has 2 heterocycles. The maximum Gasteiger partial charge on any atom is 0.0125 e. The van der Waals surface area contributed by atoms with E-state index in [1.807, 2.05) is 0 Å². The lowest BCUT2D eigenvalue weighted by Gasteiger charge is -2.47. The van der Waals surface area contributed by atoms with Crippen LogP contribution in [0.1, 0.15) is 52.9 Å². The van der Waals surface area contributed by atoms with Gasteiger partial charge in [-0.25, -0.2) is 0 Å². The summed E-state index contributed by atoms with van der Waals surface area (Å²) in [6, 6.07) is 3.09. The Balaban J connectivity index is 1.82. The van der Waals surface area contributed by atoms with Crippen molar-refractivity contribution >= 4 is 0 Å². The second-order valence-electron chi connectivity index (χ2n) is 6.77. The first-order valence-corrected chi connectivity index (χ1v) is 8.31. The molecule has 0 aromatic carbocycles. The van der Waals surface area contributed by atoms with E-state index in [0.717, 1.165) is 24.2 Å². The van der Waals surface area contributed by atoms with Crippen LogP contribution in [-0.2, 0) is 0 Å². The van der Waals surface area contributed by atoms with Gasteiger partial charge in [0.25, 0.3) is 0 Å². The lowest BCUT2D eigenvalue weighted by molar-refractivity contribution is 0.0354. The van der Waals surface area contributed by atoms with Crippen LogP contribution in [-0.4, -0.2) is 60.6 Å². The summed E-state index contributed by atoms with van der Waals surface area (Å²) in [5, 5.41) is 3.71. The molecule has 4 unspecified atom stereocenters. The Morgan fingerprint density at radius 1 is 1.05 bits per heavy atom. The molecule has 2 saturated heterocycles. The third-order valence-corrected chi connectivity index (χ3v) is 5.26. The Morgan fingerprint density at radius 3 is 2.47 bits per heavy atom. The molecule has 0 aliphatic carbocycles. The molecule has 2 fully saturated rings. The van der Waals surface area contributed by atoms with Gasteiger partial charge in [-0.1, -0.05) is 6.92 Å². The Kier molecular flexibility index (Phi) is 5.67. The number of nitrogens with one attached hydrogen (secondary N) is 1. The van der Waals surface area contributed by atoms with E-state index in [0.29, 0.717) is 0 Å². The van der Waals surface area contributed by atoms with Crippen LogP contribution in [0.5, 0.6) is 0 Å². The molecule has 0 radical (unpaired) electrons. The highest BCUT2D eigenvalue weighted by Gasteiger charge is 2.33. The van der Waals surface area contributed by atoms with E-state index in [1.54, 1.807) is 0 Å². The molecule has 2 aliphatic rings. The zero-order valence-electron chi connectivity index (χ0n) is 13.4. The van der Waals surface area contributed by atoms with Gasteiger partial charge in [-0.15, -0.1) is 0 Å². The van der Waals surface area contributed by atoms with Gasteiger partial charge >= 0.3 is 0 Å². The van der Waals surface area contributed by atoms with Gasteiger partial charge in [0.1, 0.15) is 0 Å². The lowest BCUT2D eigenvalue weighted by Crippen LogP contribution is -2.55. The van der Waals surface area contributed by atoms with Gasteiger partial charge in [0, 0.05) is 30.7 Å². The van der Waals surface area contributed by atoms with E-state index in [-0.39, 0.29) is 0 Å². The Labute approximate surface area is 119 Å². The molecule has 1 N–H and O–H groups in total. The van der Waals surface area contributed by atoms with Crippen molar-refractivity contribution in [2.24, 2.45) is 0 Å². The molecule has 0 bridgehead atoms. The number of hydrogen-bond acceptors (Lipinski definition) is 3. The SMILES string of the molecule is CCCNC1CCN(C2CCN(C)C(C)C2)C(C)C1. The van der Waals surface area contributed by atoms with E-state index in [9.17, 15) is 0 Å². The summed E-state index contributed by atoms with van der Waals surface area (Å²) >= 11 is 0. The van der Waals surface area contributed by atoms with Crippen LogP contribution in [0.3, 0.4) is 0 Å². The van der Waals surface area contributed by atoms with Crippen molar-refractivity contribution in [3.63, 3.8) is 0 Å². The van der Waals surface area contributed by atoms with Crippen molar-refractivity contribution in [2.75, 3.05) is 26.7 Å². The minimum atomic E-state index is 0.752. The first-order chi connectivity index (χ1) is 9.11. The van der Waals surface area contributed by atoms with Gasteiger partial charge < -0.3 is 10.2 Å². The zero-order chi connectivity index (χ0) is 13.8. The van der Waals surface area contributed by atoms with Crippen molar-refractivity contribution in [3.8, 4) is 0 Å². The number of hydrogen-bond donors (Lipinski definition) is 1. The quantitative estimate of drug-likeness (QED) is 0.843. The van der Waals surface area contributed by atoms with Crippen molar-refractivity contribution in [2.45, 2.75) is 77.0 Å². The minimum Gasteiger partial charge on any atom is -0.314 e. The van der Waals surface area contributed by atoms with E-state index in [4.69, 9.17) is 0 Å². The Morgan fingerprint density at radius 2 is 1.84 bits per heavy atom. The van der Waals surface area contributed by atoms with Crippen LogP contribution in [0.4, 0.5) is 0 Å². The van der Waals surface area contributed by atoms with Gasteiger partial charge in [0.05, 0.1) is 0 Å². The average Bonchev–Trinajstić information content (AvgIpc) is 2.40. The number of rotatable bonds is 4. The summed E-state index contributed by atoms with van der Waals surface area (Å²) in [6.07, 6.45) is 6.64. The second-order valence-corrected chi connectivity index (χ2v) is 6.77. The second kappa shape index (κ2) is 7.05. The minimum absolute atomic E-state index is 0.752. The summed E-state index contributed by atoms with van der Waals surface area (Å²) in [4.78, 5) is 5.31. The molecule has 3 nitrogen and oxygen atoms in total. The number of piperidine rings is 2. The largest absolute Gasteiger partial charge is 0.314 e. The highest BCUT2D eigenvalue weighted by Crippen LogP contribution is 2.27. The molecule has 4 atom stereocenters. The summed E-state index contributed by atoms with van der Waals surface area (Å²) < 4.78 is 0. The van der Waals surface area contributed by atoms with E-state index < -0.39 is 0 Å². The fraction of sp³-hybridized carbons (Fsp3) is 1.00. The molecular weight excluding hydrogens is 234 g/mol. The maximum absolute atomic E-state index is 3.71. The summed E-state index contributed by atoms with van der Waals surface area (Å²) in [7, 11) is 2.27. The number of nitrogens with zero attached hydrogens (tertiary/aromatic N) is 2. The Bertz CT molecular complexity index is 269. The smallest absolute Gasteiger partial charge is 0.0125 e. The molecule has 0 aromatic rings. The first kappa shape index (κ1) is 15.3. The van der Waals surface area contributed by atoms with Crippen LogP contribution >= 0.6 is 0 Å². The molecule has 2 aliphatic heterocycles. The topological polar surface area (TPSA) is 18.5 Å². The molecule has 2 rings (SSSR count). The highest BCUT2D eigenvalue weighted by atomic mass is 15.2. The molecule has 19 heavy (non-hydrogen) atoms. The van der Waals surface area contributed by atoms with Crippen molar-refractivity contribution < 1.29 is 0 Å². The Hall–Kier alpha value is -0.120. The maximum atomic E-state index is 3.71. The molecular formula is C16H33N3. The van der Waals surface area contributed by atoms with E-state index in [1.165, 1.54) is 51.7 Å². The molecule has 3 heteroatoms. The molecule has 0 amide bonds. The van der Waals surface area contributed by atoms with Crippen LogP contribution in [0.15, 0.2) is 0 Å². The van der Waals surface area contributed by atoms with E-state index >= 15 is 0 Å². The van der Waals surface area contributed by atoms with Crippen LogP contribution in [0, 0.1) is 0 Å². The summed E-state index contributed by atoms with van der Waals surface area (Å²) in [5.41, 5.74) is 0. The zero-order valence-corrected chi connectivity index (χ0v) is 13.4. The average molecular weight is 267 g/mol. The molecule has 112 valence electrons. The van der Waals surface area contributed by atoms with E-state index in [2.05, 4.69) is 42.9 Å². The third kappa shape index (κ3) is 3.93. The normalized spacial score (nSPS) is 38.5. The van der Waals surface area contributed by atoms with Crippen LogP contribution in [0.2, 0.25) is 0 Å². The first-order valence-electron chi connectivity index (χ1n) is 8.31. The summed E-state index contributed by atoms with van der Waals surface area (Å²) in [5.74, 6) is 0. The van der Waals surface area contributed by atoms with Gasteiger partial charge in [0.2, 0.25) is 0 Å². The van der Waals surface area contributed by atoms with Crippen molar-refractivity contribution in [1.29, 1.82) is 0 Å². The molecule has 0 saturated carbocycles. The number of likely N-dealkylation sites (tertiary alicyclic amines) is 2. The van der Waals surface area contributed by atoms with Gasteiger partial charge in [-0.05, 0) is 66.1 Å². The van der Waals surface area contributed by atoms with Gasteiger partial charge in [0.15, 0.2) is 0 Å². The molecule has 0 spiro atoms. The monoisotopic (exact) mass is 267 g/mol. The predicted octanol–water partition coefficient (Wildman–Crippen LogP) is 2.32. The summed E-state index contributed by atoms with van der Waals surface area (Å²) in [6.45, 7) is 10.8. The van der Waals surface area contributed by atoms with Crippen molar-refractivity contribution in [3.05, 3.63) is 0 Å². The fourth-order valence-electron chi connectivity index (χ4n) is 3.83. The van der Waals surface area contributed by atoms with Crippen LogP contribution in [0.25, 0.3) is 0 Å². The molecule has 0 aromatic heterocycles. The fourth-order valence-corrected chi connectivity index (χ4v) is 3.83. The predicted molar refractivity (Wildman–Crippen MR) is 82.6 cm³/mol. The van der Waals surface area contributed by atoms with Crippen molar-refractivity contribution in [1.82, 2.24) is 15.1 Å². The third-order valence-electron chi connectivity index (χ3n) is 5.26.